The molecule has 0 bridgehead atoms. The standard InChI is InChI=1S/C15H13BrClFIN/c1-2-20-15(9-5-3-4-6-14(9)19)10-7-12(17)11(16)8-13(10)18/h3-8,15,20H,2H2,1H3. The summed E-state index contributed by atoms with van der Waals surface area (Å²) < 4.78 is 16.0. The Kier molecular flexibility index (Phi) is 5.84. The molecule has 106 valence electrons. The van der Waals surface area contributed by atoms with Crippen LogP contribution < -0.4 is 5.32 Å². The summed E-state index contributed by atoms with van der Waals surface area (Å²) in [6.45, 7) is 2.74. The van der Waals surface area contributed by atoms with E-state index in [4.69, 9.17) is 11.6 Å². The summed E-state index contributed by atoms with van der Waals surface area (Å²) in [7, 11) is 0. The minimum absolute atomic E-state index is 0.210. The van der Waals surface area contributed by atoms with Crippen LogP contribution >= 0.6 is 50.1 Å². The number of hydrogen-bond donors (Lipinski definition) is 1. The molecule has 0 spiro atoms. The third-order valence-electron chi connectivity index (χ3n) is 2.98. The molecule has 0 radical (unpaired) electrons. The molecule has 5 heteroatoms. The third-order valence-corrected chi connectivity index (χ3v) is 5.15. The first-order valence-corrected chi connectivity index (χ1v) is 8.41. The van der Waals surface area contributed by atoms with Gasteiger partial charge < -0.3 is 5.32 Å². The quantitative estimate of drug-likeness (QED) is 0.459. The molecule has 0 aliphatic rings. The Bertz CT molecular complexity index is 621. The van der Waals surface area contributed by atoms with Crippen LogP contribution in [-0.4, -0.2) is 6.54 Å². The molecule has 1 unspecified atom stereocenters. The van der Waals surface area contributed by atoms with Gasteiger partial charge in [-0.05, 0) is 68.8 Å². The van der Waals surface area contributed by atoms with Crippen molar-refractivity contribution in [2.45, 2.75) is 13.0 Å². The van der Waals surface area contributed by atoms with Crippen molar-refractivity contribution in [3.63, 3.8) is 0 Å². The van der Waals surface area contributed by atoms with E-state index in [1.807, 2.05) is 31.2 Å². The molecule has 0 saturated carbocycles. The highest BCUT2D eigenvalue weighted by atomic mass is 127. The van der Waals surface area contributed by atoms with Gasteiger partial charge in [0.05, 0.1) is 11.1 Å². The van der Waals surface area contributed by atoms with E-state index in [1.165, 1.54) is 6.07 Å². The molecule has 0 fully saturated rings. The number of halogens is 4. The molecular formula is C15H13BrClFIN. The fraction of sp³-hybridized carbons (Fsp3) is 0.200. The Hall–Kier alpha value is -0.170. The van der Waals surface area contributed by atoms with Gasteiger partial charge >= 0.3 is 0 Å². The topological polar surface area (TPSA) is 12.0 Å². The first-order chi connectivity index (χ1) is 9.54. The summed E-state index contributed by atoms with van der Waals surface area (Å²) in [4.78, 5) is 0. The monoisotopic (exact) mass is 467 g/mol. The van der Waals surface area contributed by atoms with Gasteiger partial charge in [0.25, 0.3) is 0 Å². The second-order valence-corrected chi connectivity index (χ2v) is 6.72. The van der Waals surface area contributed by atoms with Crippen molar-refractivity contribution < 1.29 is 4.39 Å². The molecular weight excluding hydrogens is 455 g/mol. The average Bonchev–Trinajstić information content (AvgIpc) is 2.42. The molecule has 0 amide bonds. The fourth-order valence-corrected chi connectivity index (χ4v) is 3.25. The van der Waals surface area contributed by atoms with Gasteiger partial charge in [0.15, 0.2) is 0 Å². The highest BCUT2D eigenvalue weighted by Gasteiger charge is 2.20. The van der Waals surface area contributed by atoms with Gasteiger partial charge in [0.2, 0.25) is 0 Å². The SMILES string of the molecule is CCNC(c1cc(Cl)c(Br)cc1F)c1ccccc1I. The minimum Gasteiger partial charge on any atom is -0.306 e. The predicted octanol–water partition coefficient (Wildman–Crippen LogP) is 5.55. The number of benzene rings is 2. The van der Waals surface area contributed by atoms with Crippen molar-refractivity contribution in [1.29, 1.82) is 0 Å². The molecule has 0 aromatic heterocycles. The summed E-state index contributed by atoms with van der Waals surface area (Å²) >= 11 is 11.6. The van der Waals surface area contributed by atoms with E-state index in [2.05, 4.69) is 43.8 Å². The van der Waals surface area contributed by atoms with Gasteiger partial charge in [0, 0.05) is 13.6 Å². The second-order valence-electron chi connectivity index (χ2n) is 4.30. The fourth-order valence-electron chi connectivity index (χ4n) is 2.06. The van der Waals surface area contributed by atoms with Crippen molar-refractivity contribution in [3.05, 3.63) is 66.4 Å². The van der Waals surface area contributed by atoms with Crippen LogP contribution in [0.4, 0.5) is 4.39 Å². The summed E-state index contributed by atoms with van der Waals surface area (Å²) in [6.07, 6.45) is 0. The Morgan fingerprint density at radius 1 is 1.30 bits per heavy atom. The maximum absolute atomic E-state index is 14.3. The summed E-state index contributed by atoms with van der Waals surface area (Å²) in [5.41, 5.74) is 1.61. The molecule has 2 aromatic carbocycles. The largest absolute Gasteiger partial charge is 0.306 e. The predicted molar refractivity (Wildman–Crippen MR) is 93.8 cm³/mol. The first-order valence-electron chi connectivity index (χ1n) is 6.16. The lowest BCUT2D eigenvalue weighted by atomic mass is 9.98. The van der Waals surface area contributed by atoms with Gasteiger partial charge in [-0.15, -0.1) is 0 Å². The zero-order valence-corrected chi connectivity index (χ0v) is 15.3. The van der Waals surface area contributed by atoms with E-state index in [0.717, 1.165) is 15.7 Å². The second kappa shape index (κ2) is 7.20. The van der Waals surface area contributed by atoms with Crippen LogP contribution in [0.3, 0.4) is 0 Å². The first kappa shape index (κ1) is 16.2. The van der Waals surface area contributed by atoms with Crippen LogP contribution in [0.1, 0.15) is 24.1 Å². The molecule has 1 nitrogen and oxygen atoms in total. The van der Waals surface area contributed by atoms with Crippen molar-refractivity contribution >= 4 is 50.1 Å². The summed E-state index contributed by atoms with van der Waals surface area (Å²) in [6, 6.07) is 10.8. The highest BCUT2D eigenvalue weighted by Crippen LogP contribution is 2.33. The van der Waals surface area contributed by atoms with Gasteiger partial charge in [-0.25, -0.2) is 4.39 Å². The Morgan fingerprint density at radius 3 is 2.65 bits per heavy atom. The maximum Gasteiger partial charge on any atom is 0.129 e. The molecule has 1 N–H and O–H groups in total. The molecule has 0 aliphatic carbocycles. The molecule has 2 aromatic rings. The summed E-state index contributed by atoms with van der Waals surface area (Å²) in [5.74, 6) is -0.271. The van der Waals surface area contributed by atoms with Crippen LogP contribution in [0.2, 0.25) is 5.02 Å². The van der Waals surface area contributed by atoms with Crippen molar-refractivity contribution in [2.24, 2.45) is 0 Å². The molecule has 0 aliphatic heterocycles. The lowest BCUT2D eigenvalue weighted by Crippen LogP contribution is -2.23. The van der Waals surface area contributed by atoms with Crippen LogP contribution in [-0.2, 0) is 0 Å². The van der Waals surface area contributed by atoms with E-state index >= 15 is 0 Å². The van der Waals surface area contributed by atoms with Crippen LogP contribution in [0, 0.1) is 9.39 Å². The average molecular weight is 469 g/mol. The van der Waals surface area contributed by atoms with Gasteiger partial charge in [-0.1, -0.05) is 36.7 Å². The number of hydrogen-bond acceptors (Lipinski definition) is 1. The zero-order chi connectivity index (χ0) is 14.7. The van der Waals surface area contributed by atoms with E-state index < -0.39 is 0 Å². The normalized spacial score (nSPS) is 12.4. The van der Waals surface area contributed by atoms with Crippen molar-refractivity contribution in [1.82, 2.24) is 5.32 Å². The molecule has 2 rings (SSSR count). The van der Waals surface area contributed by atoms with Crippen LogP contribution in [0.25, 0.3) is 0 Å². The number of rotatable bonds is 4. The van der Waals surface area contributed by atoms with Crippen LogP contribution in [0.15, 0.2) is 40.9 Å². The number of nitrogens with one attached hydrogen (secondary N) is 1. The Morgan fingerprint density at radius 2 is 2.00 bits per heavy atom. The molecule has 0 saturated heterocycles. The van der Waals surface area contributed by atoms with Gasteiger partial charge in [-0.2, -0.15) is 0 Å². The van der Waals surface area contributed by atoms with E-state index in [0.29, 0.717) is 15.1 Å². The highest BCUT2D eigenvalue weighted by molar-refractivity contribution is 14.1. The van der Waals surface area contributed by atoms with Gasteiger partial charge in [-0.3, -0.25) is 0 Å². The minimum atomic E-state index is -0.271. The van der Waals surface area contributed by atoms with Gasteiger partial charge in [0.1, 0.15) is 5.82 Å². The third kappa shape index (κ3) is 3.53. The lowest BCUT2D eigenvalue weighted by molar-refractivity contribution is 0.557. The maximum atomic E-state index is 14.3. The van der Waals surface area contributed by atoms with Crippen LogP contribution in [0.5, 0.6) is 0 Å². The Balaban J connectivity index is 2.54. The smallest absolute Gasteiger partial charge is 0.129 e. The zero-order valence-electron chi connectivity index (χ0n) is 10.8. The molecule has 1 atom stereocenters. The summed E-state index contributed by atoms with van der Waals surface area (Å²) in [5, 5.41) is 3.83. The van der Waals surface area contributed by atoms with Crippen molar-refractivity contribution in [2.75, 3.05) is 6.54 Å². The lowest BCUT2D eigenvalue weighted by Gasteiger charge is -2.21. The van der Waals surface area contributed by atoms with E-state index in [-0.39, 0.29) is 11.9 Å². The molecule has 20 heavy (non-hydrogen) atoms. The van der Waals surface area contributed by atoms with E-state index in [9.17, 15) is 4.39 Å². The van der Waals surface area contributed by atoms with Crippen molar-refractivity contribution in [3.8, 4) is 0 Å². The molecule has 0 heterocycles. The van der Waals surface area contributed by atoms with E-state index in [1.54, 1.807) is 6.07 Å². The Labute approximate surface area is 145 Å².